The van der Waals surface area contributed by atoms with Crippen LogP contribution in [0.15, 0.2) is 24.3 Å². The average molecular weight is 472 g/mol. The Morgan fingerprint density at radius 3 is 1.69 bits per heavy atom. The van der Waals surface area contributed by atoms with Crippen molar-refractivity contribution in [3.8, 4) is 0 Å². The first-order valence-corrected chi connectivity index (χ1v) is 14.0. The molecule has 0 radical (unpaired) electrons. The quantitative estimate of drug-likeness (QED) is 0.256. The number of hydrogen-bond acceptors (Lipinski definition) is 4. The van der Waals surface area contributed by atoms with Crippen molar-refractivity contribution in [1.29, 1.82) is 0 Å². The summed E-state index contributed by atoms with van der Waals surface area (Å²) in [6.45, 7) is 15.2. The number of nitrogens with two attached hydrogens (primary N) is 1. The van der Waals surface area contributed by atoms with Crippen molar-refractivity contribution in [2.75, 3.05) is 13.2 Å². The van der Waals surface area contributed by atoms with Gasteiger partial charge in [0.2, 0.25) is 0 Å². The summed E-state index contributed by atoms with van der Waals surface area (Å²) in [5.41, 5.74) is 8.23. The standard InChI is InChI=1S/C16H35O4P.C10H15N/c1-5-9-11-15(7-3)13-19-21(17,18)20-14-16(8-4)12-10-6-2;1-8-6-4-5-7-9(8)10(2,3)11/h15-16H,5-14H2,1-4H3,(H,17,18);4-7H,11H2,1-3H3. The van der Waals surface area contributed by atoms with Gasteiger partial charge in [0.25, 0.3) is 0 Å². The van der Waals surface area contributed by atoms with Crippen molar-refractivity contribution >= 4 is 7.82 Å². The Balaban J connectivity index is 0.000000726. The molecule has 0 bridgehead atoms. The van der Waals surface area contributed by atoms with E-state index in [2.05, 4.69) is 46.8 Å². The lowest BCUT2D eigenvalue weighted by Crippen LogP contribution is -2.29. The van der Waals surface area contributed by atoms with Crippen molar-refractivity contribution in [2.45, 2.75) is 105 Å². The smallest absolute Gasteiger partial charge is 0.322 e. The van der Waals surface area contributed by atoms with Crippen LogP contribution in [-0.4, -0.2) is 18.1 Å². The molecule has 0 aliphatic rings. The number of rotatable bonds is 15. The predicted molar refractivity (Wildman–Crippen MR) is 137 cm³/mol. The zero-order valence-corrected chi connectivity index (χ0v) is 22.6. The third-order valence-electron chi connectivity index (χ3n) is 5.87. The van der Waals surface area contributed by atoms with Crippen LogP contribution in [0.2, 0.25) is 0 Å². The van der Waals surface area contributed by atoms with E-state index in [1.54, 1.807) is 0 Å². The molecule has 0 amide bonds. The Labute approximate surface area is 198 Å². The molecule has 32 heavy (non-hydrogen) atoms. The van der Waals surface area contributed by atoms with Gasteiger partial charge in [-0.25, -0.2) is 4.57 Å². The Hall–Kier alpha value is -0.710. The van der Waals surface area contributed by atoms with Gasteiger partial charge in [-0.15, -0.1) is 0 Å². The molecule has 1 aromatic carbocycles. The molecule has 0 aliphatic carbocycles. The highest BCUT2D eigenvalue weighted by atomic mass is 31.2. The van der Waals surface area contributed by atoms with Gasteiger partial charge in [-0.2, -0.15) is 0 Å². The second-order valence-corrected chi connectivity index (χ2v) is 10.9. The maximum absolute atomic E-state index is 11.9. The second-order valence-electron chi connectivity index (χ2n) is 9.43. The van der Waals surface area contributed by atoms with Crippen molar-refractivity contribution in [3.63, 3.8) is 0 Å². The van der Waals surface area contributed by atoms with Crippen LogP contribution < -0.4 is 5.73 Å². The molecule has 0 spiro atoms. The molecular weight excluding hydrogens is 421 g/mol. The van der Waals surface area contributed by atoms with Gasteiger partial charge in [0.15, 0.2) is 0 Å². The molecule has 1 rings (SSSR count). The lowest BCUT2D eigenvalue weighted by Gasteiger charge is -2.21. The number of benzene rings is 1. The highest BCUT2D eigenvalue weighted by molar-refractivity contribution is 7.47. The van der Waals surface area contributed by atoms with Crippen LogP contribution in [0.5, 0.6) is 0 Å². The summed E-state index contributed by atoms with van der Waals surface area (Å²) in [5.74, 6) is 0.687. The molecule has 0 fully saturated rings. The number of phosphoric ester groups is 1. The van der Waals surface area contributed by atoms with Crippen LogP contribution in [0.3, 0.4) is 0 Å². The number of phosphoric acid groups is 1. The fourth-order valence-electron chi connectivity index (χ4n) is 3.53. The molecule has 0 saturated carbocycles. The number of hydrogen-bond donors (Lipinski definition) is 2. The highest BCUT2D eigenvalue weighted by Crippen LogP contribution is 2.44. The van der Waals surface area contributed by atoms with E-state index in [9.17, 15) is 9.46 Å². The van der Waals surface area contributed by atoms with Gasteiger partial charge >= 0.3 is 7.82 Å². The van der Waals surface area contributed by atoms with Crippen molar-refractivity contribution in [1.82, 2.24) is 0 Å². The minimum Gasteiger partial charge on any atom is -0.322 e. The van der Waals surface area contributed by atoms with Crippen LogP contribution in [0, 0.1) is 18.8 Å². The van der Waals surface area contributed by atoms with E-state index in [1.165, 1.54) is 11.1 Å². The number of aryl methyl sites for hydroxylation is 1. The zero-order valence-electron chi connectivity index (χ0n) is 21.7. The Bertz CT molecular complexity index is 621. The first-order valence-electron chi connectivity index (χ1n) is 12.5. The first-order chi connectivity index (χ1) is 15.0. The van der Waals surface area contributed by atoms with E-state index >= 15 is 0 Å². The maximum Gasteiger partial charge on any atom is 0.472 e. The van der Waals surface area contributed by atoms with E-state index in [0.29, 0.717) is 25.0 Å². The molecule has 3 N–H and O–H groups in total. The normalized spacial score (nSPS) is 15.4. The van der Waals surface area contributed by atoms with Gasteiger partial charge in [-0.1, -0.05) is 90.5 Å². The minimum absolute atomic E-state index is 0.217. The van der Waals surface area contributed by atoms with Gasteiger partial charge in [-0.3, -0.25) is 9.05 Å². The van der Waals surface area contributed by atoms with E-state index in [4.69, 9.17) is 14.8 Å². The van der Waals surface area contributed by atoms with Crippen molar-refractivity contribution < 1.29 is 18.5 Å². The van der Waals surface area contributed by atoms with Gasteiger partial charge in [0.1, 0.15) is 0 Å². The third-order valence-corrected chi connectivity index (χ3v) is 6.82. The van der Waals surface area contributed by atoms with Crippen molar-refractivity contribution in [2.24, 2.45) is 17.6 Å². The lowest BCUT2D eigenvalue weighted by molar-refractivity contribution is 0.110. The van der Waals surface area contributed by atoms with Crippen molar-refractivity contribution in [3.05, 3.63) is 35.4 Å². The van der Waals surface area contributed by atoms with E-state index in [1.807, 2.05) is 26.0 Å². The maximum atomic E-state index is 11.9. The fraction of sp³-hybridized carbons (Fsp3) is 0.769. The summed E-state index contributed by atoms with van der Waals surface area (Å²) in [4.78, 5) is 9.77. The third kappa shape index (κ3) is 14.4. The molecule has 2 atom stereocenters. The minimum atomic E-state index is -3.89. The van der Waals surface area contributed by atoms with Crippen LogP contribution in [-0.2, 0) is 19.2 Å². The molecule has 0 aromatic heterocycles. The summed E-state index contributed by atoms with van der Waals surface area (Å²) in [6, 6.07) is 8.22. The molecule has 5 nitrogen and oxygen atoms in total. The Morgan fingerprint density at radius 2 is 1.38 bits per heavy atom. The number of unbranched alkanes of at least 4 members (excludes halogenated alkanes) is 2. The average Bonchev–Trinajstić information content (AvgIpc) is 2.74. The zero-order chi connectivity index (χ0) is 24.6. The first kappa shape index (κ1) is 31.3. The molecule has 1 aromatic rings. The van der Waals surface area contributed by atoms with Crippen LogP contribution in [0.4, 0.5) is 0 Å². The predicted octanol–water partition coefficient (Wildman–Crippen LogP) is 7.74. The van der Waals surface area contributed by atoms with Crippen LogP contribution >= 0.6 is 7.82 Å². The molecule has 0 aliphatic heterocycles. The van der Waals surface area contributed by atoms with Gasteiger partial charge in [0, 0.05) is 5.54 Å². The molecule has 0 saturated heterocycles. The SMILES string of the molecule is CCCCC(CC)COP(=O)(O)OCC(CC)CCCC.Cc1ccccc1C(C)(C)N. The molecule has 0 heterocycles. The fourth-order valence-corrected chi connectivity index (χ4v) is 4.40. The summed E-state index contributed by atoms with van der Waals surface area (Å²) in [6.07, 6.45) is 8.56. The highest BCUT2D eigenvalue weighted by Gasteiger charge is 2.24. The van der Waals surface area contributed by atoms with E-state index in [0.717, 1.165) is 51.4 Å². The van der Waals surface area contributed by atoms with Crippen LogP contribution in [0.25, 0.3) is 0 Å². The molecule has 2 unspecified atom stereocenters. The summed E-state index contributed by atoms with van der Waals surface area (Å²) >= 11 is 0. The Morgan fingerprint density at radius 1 is 0.938 bits per heavy atom. The summed E-state index contributed by atoms with van der Waals surface area (Å²) < 4.78 is 22.2. The summed E-state index contributed by atoms with van der Waals surface area (Å²) in [7, 11) is -3.89. The van der Waals surface area contributed by atoms with Gasteiger partial charge in [-0.05, 0) is 56.6 Å². The molecular formula is C26H50NO4P. The largest absolute Gasteiger partial charge is 0.472 e. The van der Waals surface area contributed by atoms with E-state index < -0.39 is 7.82 Å². The lowest BCUT2D eigenvalue weighted by atomic mass is 9.92. The Kier molecular flexibility index (Phi) is 16.5. The van der Waals surface area contributed by atoms with Crippen LogP contribution in [0.1, 0.15) is 104 Å². The monoisotopic (exact) mass is 471 g/mol. The van der Waals surface area contributed by atoms with Gasteiger partial charge in [0.05, 0.1) is 13.2 Å². The molecule has 6 heteroatoms. The van der Waals surface area contributed by atoms with Gasteiger partial charge < -0.3 is 10.6 Å². The van der Waals surface area contributed by atoms with E-state index in [-0.39, 0.29) is 5.54 Å². The molecule has 188 valence electrons. The second kappa shape index (κ2) is 16.8. The summed E-state index contributed by atoms with van der Waals surface area (Å²) in [5, 5.41) is 0. The topological polar surface area (TPSA) is 81.8 Å².